The Labute approximate surface area is 441 Å². The number of ether oxygens (including phenoxy) is 13. The Bertz CT molecular complexity index is 2320. The van der Waals surface area contributed by atoms with Gasteiger partial charge in [0.1, 0.15) is 30.9 Å². The van der Waals surface area contributed by atoms with Crippen molar-refractivity contribution >= 4 is 56.4 Å². The lowest BCUT2D eigenvalue weighted by atomic mass is 9.95. The Morgan fingerprint density at radius 1 is 0.627 bits per heavy atom. The molecule has 0 aliphatic carbocycles. The maximum atomic E-state index is 13.1. The molecule has 0 amide bonds. The predicted molar refractivity (Wildman–Crippen MR) is 272 cm³/mol. The van der Waals surface area contributed by atoms with Crippen molar-refractivity contribution in [2.24, 2.45) is 10.2 Å². The number of hydrogen-bond acceptors (Lipinski definition) is 23. The first-order valence-corrected chi connectivity index (χ1v) is 25.0. The van der Waals surface area contributed by atoms with E-state index in [0.717, 1.165) is 48.4 Å². The molecule has 0 atom stereocenters. The van der Waals surface area contributed by atoms with Crippen LogP contribution >= 0.6 is 11.3 Å². The van der Waals surface area contributed by atoms with E-state index in [2.05, 4.69) is 33.0 Å². The van der Waals surface area contributed by atoms with Crippen molar-refractivity contribution in [3.63, 3.8) is 0 Å². The Kier molecular flexibility index (Phi) is 32.7. The molecule has 0 saturated heterocycles. The average molecular weight is 1070 g/mol. The van der Waals surface area contributed by atoms with Crippen LogP contribution in [0.15, 0.2) is 40.6 Å². The minimum Gasteiger partial charge on any atom is -0.465 e. The fraction of sp³-hybridized carbons (Fsp3) is 0.569. The molecule has 0 aliphatic rings. The van der Waals surface area contributed by atoms with Crippen LogP contribution in [0.2, 0.25) is 0 Å². The van der Waals surface area contributed by atoms with Gasteiger partial charge in [0.05, 0.1) is 167 Å². The number of rotatable bonds is 42. The summed E-state index contributed by atoms with van der Waals surface area (Å²) in [5, 5.41) is 28.6. The van der Waals surface area contributed by atoms with Crippen LogP contribution in [-0.2, 0) is 61.6 Å². The lowest BCUT2D eigenvalue weighted by molar-refractivity contribution is -0.0148. The Balaban J connectivity index is 1.24. The molecule has 0 spiro atoms. The number of carbonyl (C=O) groups is 4. The maximum absolute atomic E-state index is 13.1. The van der Waals surface area contributed by atoms with Crippen LogP contribution in [0.4, 0.5) is 21.4 Å². The van der Waals surface area contributed by atoms with Crippen molar-refractivity contribution in [3.05, 3.63) is 80.7 Å². The molecule has 1 heterocycles. The zero-order chi connectivity index (χ0) is 54.5. The summed E-state index contributed by atoms with van der Waals surface area (Å²) in [5.74, 6) is -3.89. The number of aryl methyl sites for hydroxylation is 1. The first kappa shape index (κ1) is 63.5. The van der Waals surface area contributed by atoms with E-state index >= 15 is 0 Å². The minimum absolute atomic E-state index is 0.000904. The zero-order valence-corrected chi connectivity index (χ0v) is 44.2. The third kappa shape index (κ3) is 23.7. The number of nitriles is 1. The second kappa shape index (κ2) is 38.7. The third-order valence-corrected chi connectivity index (χ3v) is 11.5. The summed E-state index contributed by atoms with van der Waals surface area (Å²) in [5.41, 5.74) is 2.17. The summed E-state index contributed by atoms with van der Waals surface area (Å²) in [4.78, 5) is 57.2. The zero-order valence-electron chi connectivity index (χ0n) is 43.4. The van der Waals surface area contributed by atoms with Crippen molar-refractivity contribution in [1.29, 1.82) is 5.26 Å². The second-order valence-electron chi connectivity index (χ2n) is 15.5. The Morgan fingerprint density at radius 2 is 1.07 bits per heavy atom. The van der Waals surface area contributed by atoms with Gasteiger partial charge in [-0.3, -0.25) is 4.79 Å². The predicted octanol–water partition coefficient (Wildman–Crippen LogP) is 5.80. The van der Waals surface area contributed by atoms with Gasteiger partial charge in [-0.25, -0.2) is 19.2 Å². The molecular weight excluding hydrogens is 1000 g/mol. The molecule has 0 saturated carbocycles. The van der Waals surface area contributed by atoms with Crippen LogP contribution in [0, 0.1) is 31.8 Å². The number of esters is 3. The summed E-state index contributed by atoms with van der Waals surface area (Å²) < 4.78 is 69.7. The van der Waals surface area contributed by atoms with E-state index < -0.39 is 30.3 Å². The highest BCUT2D eigenvalue weighted by Crippen LogP contribution is 2.41. The molecule has 1 aromatic heterocycles. The van der Waals surface area contributed by atoms with E-state index in [1.54, 1.807) is 14.0 Å². The number of ketones is 1. The molecule has 24 heteroatoms. The molecule has 0 aliphatic heterocycles. The molecule has 0 bridgehead atoms. The summed E-state index contributed by atoms with van der Waals surface area (Å²) in [6, 6.07) is 9.97. The Morgan fingerprint density at radius 3 is 1.49 bits per heavy atom. The molecule has 0 fully saturated rings. The molecule has 0 unspecified atom stereocenters. The number of azo groups is 1. The van der Waals surface area contributed by atoms with Crippen LogP contribution in [0.1, 0.15) is 65.0 Å². The lowest BCUT2D eigenvalue weighted by Gasteiger charge is -2.23. The molecule has 75 heavy (non-hydrogen) atoms. The SMILES string of the molecule is [C-]#[N+]c1sc(N=Nc2ccc(N(CC)CCOCCOCCOCCOCCOCCOC(=O)c3cc(C(=O)OC)c(C(=O)OCCOCCOCCOCCOCCOC)cc3C(=O)CO)cc2C)c(C#N)c1C. The van der Waals surface area contributed by atoms with Crippen LogP contribution in [0.5, 0.6) is 0 Å². The van der Waals surface area contributed by atoms with E-state index in [4.69, 9.17) is 68.2 Å². The standard InChI is InChI=1S/C51H69N5O18S/c1-7-56(39-8-9-45(37(2)32-39)54-55-48-44(35-52)38(3)47(53-4)75-48)10-11-64-14-15-66-18-19-68-21-23-70-24-26-71-28-30-73-50(60)41-34-42(49(59)63-6)43(33-40(41)46(58)36-57)51(61)74-31-29-72-27-25-69-22-20-67-17-16-65-13-12-62-5/h8-9,32-34,57H,7,10-31,36H2,1-3,5-6H3. The molecule has 3 aromatic rings. The second-order valence-corrected chi connectivity index (χ2v) is 16.5. The van der Waals surface area contributed by atoms with Crippen molar-refractivity contribution in [2.45, 2.75) is 20.8 Å². The van der Waals surface area contributed by atoms with Crippen molar-refractivity contribution in [3.8, 4) is 6.07 Å². The number of nitrogens with zero attached hydrogens (tertiary/aromatic N) is 5. The van der Waals surface area contributed by atoms with Crippen LogP contribution in [0.3, 0.4) is 0 Å². The Hall–Kier alpha value is -5.84. The number of anilines is 1. The summed E-state index contributed by atoms with van der Waals surface area (Å²) in [6.07, 6.45) is 0. The molecule has 1 N–H and O–H groups in total. The number of carbonyl (C=O) groups excluding carboxylic acids is 4. The fourth-order valence-electron chi connectivity index (χ4n) is 6.45. The summed E-state index contributed by atoms with van der Waals surface area (Å²) in [7, 11) is 2.68. The molecule has 2 aromatic carbocycles. The quantitative estimate of drug-likeness (QED) is 0.0175. The maximum Gasteiger partial charge on any atom is 0.339 e. The highest BCUT2D eigenvalue weighted by molar-refractivity contribution is 7.20. The van der Waals surface area contributed by atoms with E-state index in [0.29, 0.717) is 119 Å². The smallest absolute Gasteiger partial charge is 0.339 e. The fourth-order valence-corrected chi connectivity index (χ4v) is 7.31. The van der Waals surface area contributed by atoms with Gasteiger partial charge in [0.15, 0.2) is 5.78 Å². The normalized spacial score (nSPS) is 11.1. The van der Waals surface area contributed by atoms with Gasteiger partial charge in [0.2, 0.25) is 5.00 Å². The van der Waals surface area contributed by atoms with Crippen molar-refractivity contribution in [2.75, 3.05) is 178 Å². The van der Waals surface area contributed by atoms with Crippen molar-refractivity contribution in [1.82, 2.24) is 0 Å². The topological polar surface area (TPSA) is 265 Å². The van der Waals surface area contributed by atoms with Gasteiger partial charge >= 0.3 is 17.9 Å². The van der Waals surface area contributed by atoms with E-state index in [-0.39, 0.29) is 75.1 Å². The molecule has 0 radical (unpaired) electrons. The van der Waals surface area contributed by atoms with Gasteiger partial charge < -0.3 is 71.6 Å². The number of aliphatic hydroxyl groups excluding tert-OH is 1. The number of thiophene rings is 1. The number of aliphatic hydroxyl groups is 1. The lowest BCUT2D eigenvalue weighted by Crippen LogP contribution is -2.27. The van der Waals surface area contributed by atoms with Gasteiger partial charge in [-0.15, -0.1) is 21.6 Å². The van der Waals surface area contributed by atoms with Gasteiger partial charge in [-0.2, -0.15) is 5.26 Å². The van der Waals surface area contributed by atoms with Crippen molar-refractivity contribution < 1.29 is 85.9 Å². The third-order valence-electron chi connectivity index (χ3n) is 10.4. The highest BCUT2D eigenvalue weighted by atomic mass is 32.1. The first-order valence-electron chi connectivity index (χ1n) is 24.2. The molecular formula is C51H69N5O18S. The number of likely N-dealkylation sites (N-methyl/N-ethyl adjacent to an activating group) is 1. The van der Waals surface area contributed by atoms with E-state index in [1.807, 2.05) is 25.1 Å². The number of hydrogen-bond donors (Lipinski definition) is 1. The number of methoxy groups -OCH3 is 2. The molecule has 3 rings (SSSR count). The summed E-state index contributed by atoms with van der Waals surface area (Å²) >= 11 is 1.16. The summed E-state index contributed by atoms with van der Waals surface area (Å²) in [6.45, 7) is 19.3. The average Bonchev–Trinajstić information content (AvgIpc) is 3.74. The van der Waals surface area contributed by atoms with E-state index in [1.165, 1.54) is 0 Å². The molecule has 23 nitrogen and oxygen atoms in total. The first-order chi connectivity index (χ1) is 36.5. The van der Waals surface area contributed by atoms with Gasteiger partial charge in [0, 0.05) is 31.5 Å². The largest absolute Gasteiger partial charge is 0.465 e. The minimum atomic E-state index is -1.00. The highest BCUT2D eigenvalue weighted by Gasteiger charge is 2.28. The van der Waals surface area contributed by atoms with Crippen LogP contribution < -0.4 is 4.90 Å². The number of benzene rings is 2. The van der Waals surface area contributed by atoms with Gasteiger partial charge in [-0.05, 0) is 62.2 Å². The van der Waals surface area contributed by atoms with Gasteiger partial charge in [-0.1, -0.05) is 0 Å². The van der Waals surface area contributed by atoms with E-state index in [9.17, 15) is 29.5 Å². The van der Waals surface area contributed by atoms with Crippen LogP contribution in [0.25, 0.3) is 4.85 Å². The number of Topliss-reactive ketones (excluding diaryl/α,β-unsaturated/α-hetero) is 1. The molecule has 412 valence electrons. The monoisotopic (exact) mass is 1070 g/mol. The van der Waals surface area contributed by atoms with Gasteiger partial charge in [0.25, 0.3) is 0 Å². The van der Waals surface area contributed by atoms with Crippen LogP contribution in [-0.4, -0.2) is 201 Å².